The Balaban J connectivity index is 2.19. The van der Waals surface area contributed by atoms with Crippen molar-refractivity contribution < 1.29 is 0 Å². The summed E-state index contributed by atoms with van der Waals surface area (Å²) >= 11 is 1.73. The highest BCUT2D eigenvalue weighted by atomic mass is 32.1. The minimum absolute atomic E-state index is 0.462. The van der Waals surface area contributed by atoms with Crippen LogP contribution in [0.15, 0.2) is 30.5 Å². The Hall–Kier alpha value is -1.72. The second kappa shape index (κ2) is 3.94. The third-order valence-corrected chi connectivity index (χ3v) is 3.66. The standard InChI is InChI=1S/C12H12N4S/c1-8-2-3-11(17-8)10-6-12-14-5-4-9(7-13)16(12)15-10/h2-6H,7,13H2,1H3. The number of rotatable bonds is 2. The first-order valence-electron chi connectivity index (χ1n) is 5.38. The van der Waals surface area contributed by atoms with Gasteiger partial charge in [-0.1, -0.05) is 0 Å². The van der Waals surface area contributed by atoms with E-state index in [1.165, 1.54) is 4.88 Å². The fourth-order valence-electron chi connectivity index (χ4n) is 1.79. The largest absolute Gasteiger partial charge is 0.325 e. The van der Waals surface area contributed by atoms with Crippen molar-refractivity contribution in [3.8, 4) is 10.6 Å². The van der Waals surface area contributed by atoms with E-state index < -0.39 is 0 Å². The SMILES string of the molecule is Cc1ccc(-c2cc3nccc(CN)n3n2)s1. The molecule has 0 aliphatic carbocycles. The lowest BCUT2D eigenvalue weighted by molar-refractivity contribution is 0.838. The maximum Gasteiger partial charge on any atom is 0.155 e. The van der Waals surface area contributed by atoms with E-state index in [9.17, 15) is 0 Å². The Morgan fingerprint density at radius 3 is 2.94 bits per heavy atom. The number of nitrogens with zero attached hydrogens (tertiary/aromatic N) is 3. The average molecular weight is 244 g/mol. The van der Waals surface area contributed by atoms with Gasteiger partial charge in [0.05, 0.1) is 10.6 Å². The molecule has 0 unspecified atom stereocenters. The van der Waals surface area contributed by atoms with Crippen LogP contribution in [-0.2, 0) is 6.54 Å². The third-order valence-electron chi connectivity index (χ3n) is 2.64. The van der Waals surface area contributed by atoms with Crippen LogP contribution < -0.4 is 5.73 Å². The van der Waals surface area contributed by atoms with Gasteiger partial charge >= 0.3 is 0 Å². The average Bonchev–Trinajstić information content (AvgIpc) is 2.93. The first-order chi connectivity index (χ1) is 8.28. The van der Waals surface area contributed by atoms with Crippen LogP contribution >= 0.6 is 11.3 Å². The fourth-order valence-corrected chi connectivity index (χ4v) is 2.62. The molecule has 0 bridgehead atoms. The van der Waals surface area contributed by atoms with Crippen LogP contribution in [0.4, 0.5) is 0 Å². The summed E-state index contributed by atoms with van der Waals surface area (Å²) < 4.78 is 1.81. The van der Waals surface area contributed by atoms with Gasteiger partial charge in [0.1, 0.15) is 5.69 Å². The summed E-state index contributed by atoms with van der Waals surface area (Å²) in [6, 6.07) is 8.07. The molecule has 3 rings (SSSR count). The quantitative estimate of drug-likeness (QED) is 0.752. The summed E-state index contributed by atoms with van der Waals surface area (Å²) in [5, 5.41) is 4.55. The van der Waals surface area contributed by atoms with Gasteiger partial charge in [0, 0.05) is 23.7 Å². The number of aromatic nitrogens is 3. The Bertz CT molecular complexity index is 668. The molecule has 0 radical (unpaired) electrons. The van der Waals surface area contributed by atoms with E-state index in [0.717, 1.165) is 21.9 Å². The molecular weight excluding hydrogens is 232 g/mol. The Morgan fingerprint density at radius 1 is 1.35 bits per heavy atom. The lowest BCUT2D eigenvalue weighted by atomic mass is 10.3. The molecular formula is C12H12N4S. The molecule has 86 valence electrons. The summed E-state index contributed by atoms with van der Waals surface area (Å²) in [5.74, 6) is 0. The number of fused-ring (bicyclic) bond motifs is 1. The van der Waals surface area contributed by atoms with Crippen LogP contribution in [0.25, 0.3) is 16.2 Å². The van der Waals surface area contributed by atoms with Crippen molar-refractivity contribution in [3.05, 3.63) is 41.0 Å². The molecule has 0 aliphatic rings. The molecule has 17 heavy (non-hydrogen) atoms. The first kappa shape index (κ1) is 10.4. The minimum Gasteiger partial charge on any atom is -0.325 e. The molecule has 3 heterocycles. The van der Waals surface area contributed by atoms with E-state index >= 15 is 0 Å². The molecule has 0 spiro atoms. The van der Waals surface area contributed by atoms with Gasteiger partial charge in [0.15, 0.2) is 5.65 Å². The maximum atomic E-state index is 5.68. The van der Waals surface area contributed by atoms with Gasteiger partial charge in [0.25, 0.3) is 0 Å². The number of nitrogens with two attached hydrogens (primary N) is 1. The molecule has 3 aromatic heterocycles. The zero-order chi connectivity index (χ0) is 11.8. The molecule has 2 N–H and O–H groups in total. The second-order valence-corrected chi connectivity index (χ2v) is 5.14. The zero-order valence-corrected chi connectivity index (χ0v) is 10.2. The smallest absolute Gasteiger partial charge is 0.155 e. The van der Waals surface area contributed by atoms with Crippen LogP contribution in [0.2, 0.25) is 0 Å². The predicted molar refractivity (Wildman–Crippen MR) is 68.9 cm³/mol. The van der Waals surface area contributed by atoms with Crippen LogP contribution in [0.5, 0.6) is 0 Å². The summed E-state index contributed by atoms with van der Waals surface area (Å²) in [4.78, 5) is 6.74. The van der Waals surface area contributed by atoms with Crippen molar-refractivity contribution in [2.45, 2.75) is 13.5 Å². The lowest BCUT2D eigenvalue weighted by Gasteiger charge is -1.98. The molecule has 0 saturated carbocycles. The summed E-state index contributed by atoms with van der Waals surface area (Å²) in [7, 11) is 0. The van der Waals surface area contributed by atoms with Crippen LogP contribution in [0.1, 0.15) is 10.6 Å². The molecule has 0 amide bonds. The van der Waals surface area contributed by atoms with Crippen molar-refractivity contribution in [1.29, 1.82) is 0 Å². The van der Waals surface area contributed by atoms with E-state index in [0.29, 0.717) is 6.54 Å². The van der Waals surface area contributed by atoms with Crippen LogP contribution in [0, 0.1) is 6.92 Å². The summed E-state index contributed by atoms with van der Waals surface area (Å²) in [6.45, 7) is 2.55. The third kappa shape index (κ3) is 1.73. The van der Waals surface area contributed by atoms with E-state index in [1.54, 1.807) is 17.5 Å². The Labute approximate surface area is 103 Å². The summed E-state index contributed by atoms with van der Waals surface area (Å²) in [5.41, 5.74) is 8.45. The summed E-state index contributed by atoms with van der Waals surface area (Å²) in [6.07, 6.45) is 1.77. The molecule has 0 fully saturated rings. The first-order valence-corrected chi connectivity index (χ1v) is 6.20. The Kier molecular flexibility index (Phi) is 2.42. The number of hydrogen-bond acceptors (Lipinski definition) is 4. The predicted octanol–water partition coefficient (Wildman–Crippen LogP) is 2.22. The van der Waals surface area contributed by atoms with Gasteiger partial charge in [-0.15, -0.1) is 11.3 Å². The maximum absolute atomic E-state index is 5.68. The van der Waals surface area contributed by atoms with Crippen molar-refractivity contribution in [1.82, 2.24) is 14.6 Å². The molecule has 0 aliphatic heterocycles. The van der Waals surface area contributed by atoms with Gasteiger partial charge in [0.2, 0.25) is 0 Å². The number of thiophene rings is 1. The topological polar surface area (TPSA) is 56.2 Å². The van der Waals surface area contributed by atoms with E-state index in [4.69, 9.17) is 5.73 Å². The molecule has 0 aromatic carbocycles. The molecule has 0 atom stereocenters. The monoisotopic (exact) mass is 244 g/mol. The zero-order valence-electron chi connectivity index (χ0n) is 9.42. The van der Waals surface area contributed by atoms with Gasteiger partial charge in [-0.2, -0.15) is 5.10 Å². The highest BCUT2D eigenvalue weighted by Gasteiger charge is 2.08. The van der Waals surface area contributed by atoms with Gasteiger partial charge in [-0.3, -0.25) is 0 Å². The van der Waals surface area contributed by atoms with Crippen molar-refractivity contribution in [2.24, 2.45) is 5.73 Å². The van der Waals surface area contributed by atoms with Crippen LogP contribution in [-0.4, -0.2) is 14.6 Å². The van der Waals surface area contributed by atoms with Crippen LogP contribution in [0.3, 0.4) is 0 Å². The van der Waals surface area contributed by atoms with Crippen molar-refractivity contribution in [2.75, 3.05) is 0 Å². The highest BCUT2D eigenvalue weighted by molar-refractivity contribution is 7.15. The minimum atomic E-state index is 0.462. The number of aryl methyl sites for hydroxylation is 1. The second-order valence-electron chi connectivity index (χ2n) is 3.85. The Morgan fingerprint density at radius 2 is 2.24 bits per heavy atom. The van der Waals surface area contributed by atoms with Crippen molar-refractivity contribution in [3.63, 3.8) is 0 Å². The molecule has 3 aromatic rings. The van der Waals surface area contributed by atoms with Gasteiger partial charge in [-0.05, 0) is 25.1 Å². The van der Waals surface area contributed by atoms with E-state index in [-0.39, 0.29) is 0 Å². The van der Waals surface area contributed by atoms with E-state index in [2.05, 4.69) is 29.1 Å². The molecule has 5 heteroatoms. The molecule has 4 nitrogen and oxygen atoms in total. The lowest BCUT2D eigenvalue weighted by Crippen LogP contribution is -2.05. The normalized spacial score (nSPS) is 11.2. The van der Waals surface area contributed by atoms with E-state index in [1.807, 2.05) is 16.6 Å². The molecule has 0 saturated heterocycles. The highest BCUT2D eigenvalue weighted by Crippen LogP contribution is 2.27. The van der Waals surface area contributed by atoms with Crippen molar-refractivity contribution >= 4 is 17.0 Å². The number of hydrogen-bond donors (Lipinski definition) is 1. The van der Waals surface area contributed by atoms with Gasteiger partial charge < -0.3 is 5.73 Å². The van der Waals surface area contributed by atoms with Gasteiger partial charge in [-0.25, -0.2) is 9.50 Å². The fraction of sp³-hybridized carbons (Fsp3) is 0.167.